The molecule has 0 spiro atoms. The zero-order valence-corrected chi connectivity index (χ0v) is 16.5. The van der Waals surface area contributed by atoms with Gasteiger partial charge in [-0.3, -0.25) is 14.6 Å². The molecule has 3 heterocycles. The first-order chi connectivity index (χ1) is 13.3. The first-order valence-electron chi connectivity index (χ1n) is 9.97. The number of carbonyl (C=O) groups excluding carboxylic acids is 1. The summed E-state index contributed by atoms with van der Waals surface area (Å²) < 4.78 is 5.56. The molecule has 2 fully saturated rings. The molecule has 6 nitrogen and oxygen atoms in total. The number of hydrogen-bond acceptors (Lipinski definition) is 6. The van der Waals surface area contributed by atoms with Crippen LogP contribution in [-0.2, 0) is 13.1 Å². The lowest BCUT2D eigenvalue weighted by Crippen LogP contribution is -2.45. The monoisotopic (exact) mass is 388 g/mol. The van der Waals surface area contributed by atoms with E-state index in [0.717, 1.165) is 45.6 Å². The van der Waals surface area contributed by atoms with Crippen molar-refractivity contribution in [3.63, 3.8) is 0 Å². The van der Waals surface area contributed by atoms with Crippen molar-refractivity contribution < 1.29 is 9.21 Å². The Kier molecular flexibility index (Phi) is 6.21. The Morgan fingerprint density at radius 2 is 1.89 bits per heavy atom. The first kappa shape index (κ1) is 18.7. The second-order valence-electron chi connectivity index (χ2n) is 7.62. The summed E-state index contributed by atoms with van der Waals surface area (Å²) in [4.78, 5) is 21.6. The fraction of sp³-hybridized carbons (Fsp3) is 0.600. The van der Waals surface area contributed by atoms with Gasteiger partial charge in [0.2, 0.25) is 5.89 Å². The smallest absolute Gasteiger partial charge is 0.273 e. The van der Waals surface area contributed by atoms with Gasteiger partial charge in [0, 0.05) is 38.8 Å². The Morgan fingerprint density at radius 1 is 1.15 bits per heavy atom. The second-order valence-corrected chi connectivity index (χ2v) is 8.40. The molecule has 0 atom stereocenters. The number of amides is 1. The molecular weight excluding hydrogens is 360 g/mol. The van der Waals surface area contributed by atoms with Gasteiger partial charge in [-0.05, 0) is 35.2 Å². The van der Waals surface area contributed by atoms with Crippen LogP contribution in [0.15, 0.2) is 27.5 Å². The number of piperazine rings is 1. The predicted molar refractivity (Wildman–Crippen MR) is 106 cm³/mol. The number of carbonyl (C=O) groups is 1. The maximum absolute atomic E-state index is 12.4. The summed E-state index contributed by atoms with van der Waals surface area (Å²) >= 11 is 1.76. The number of rotatable bonds is 6. The Bertz CT molecular complexity index is 716. The summed E-state index contributed by atoms with van der Waals surface area (Å²) in [5, 5.41) is 7.45. The molecule has 1 N–H and O–H groups in total. The van der Waals surface area contributed by atoms with Gasteiger partial charge >= 0.3 is 0 Å². The van der Waals surface area contributed by atoms with Crippen LogP contribution in [0.2, 0.25) is 0 Å². The van der Waals surface area contributed by atoms with Crippen LogP contribution >= 0.6 is 11.3 Å². The van der Waals surface area contributed by atoms with Crippen LogP contribution in [0.3, 0.4) is 0 Å². The van der Waals surface area contributed by atoms with E-state index in [1.54, 1.807) is 11.3 Å². The molecule has 2 aromatic rings. The van der Waals surface area contributed by atoms with Crippen molar-refractivity contribution in [1.29, 1.82) is 0 Å². The minimum atomic E-state index is -0.0996. The molecule has 0 radical (unpaired) electrons. The van der Waals surface area contributed by atoms with Crippen LogP contribution < -0.4 is 5.32 Å². The van der Waals surface area contributed by atoms with Gasteiger partial charge in [-0.2, -0.15) is 11.3 Å². The van der Waals surface area contributed by atoms with Crippen molar-refractivity contribution in [2.24, 2.45) is 0 Å². The molecule has 2 aromatic heterocycles. The normalized spacial score (nSPS) is 20.0. The molecule has 2 aliphatic rings. The average molecular weight is 389 g/mol. The summed E-state index contributed by atoms with van der Waals surface area (Å²) in [7, 11) is 0. The molecule has 0 aromatic carbocycles. The minimum absolute atomic E-state index is 0.0996. The molecule has 1 amide bonds. The molecule has 1 aliphatic carbocycles. The highest BCUT2D eigenvalue weighted by atomic mass is 32.1. The average Bonchev–Trinajstić information content (AvgIpc) is 3.36. The number of nitrogens with one attached hydrogen (secondary N) is 1. The fourth-order valence-corrected chi connectivity index (χ4v) is 4.59. The van der Waals surface area contributed by atoms with E-state index in [-0.39, 0.29) is 5.91 Å². The van der Waals surface area contributed by atoms with E-state index >= 15 is 0 Å². The van der Waals surface area contributed by atoms with Gasteiger partial charge in [0.15, 0.2) is 5.69 Å². The summed E-state index contributed by atoms with van der Waals surface area (Å²) in [6, 6.07) is 2.49. The molecule has 27 heavy (non-hydrogen) atoms. The lowest BCUT2D eigenvalue weighted by Gasteiger charge is -2.33. The SMILES string of the molecule is O=C(NC1CCCCC1)c1coc(CN2CCN(Cc3ccsc3)CC2)n1. The summed E-state index contributed by atoms with van der Waals surface area (Å²) in [6.45, 7) is 5.79. The molecule has 1 aliphatic heterocycles. The number of thiophene rings is 1. The highest BCUT2D eigenvalue weighted by Gasteiger charge is 2.21. The number of hydrogen-bond donors (Lipinski definition) is 1. The zero-order valence-electron chi connectivity index (χ0n) is 15.7. The van der Waals surface area contributed by atoms with Gasteiger partial charge in [-0.15, -0.1) is 0 Å². The Hall–Kier alpha value is -1.70. The molecule has 1 saturated carbocycles. The Balaban J connectivity index is 1.23. The van der Waals surface area contributed by atoms with E-state index < -0.39 is 0 Å². The van der Waals surface area contributed by atoms with Crippen LogP contribution in [0.5, 0.6) is 0 Å². The van der Waals surface area contributed by atoms with Crippen molar-refractivity contribution in [2.75, 3.05) is 26.2 Å². The highest BCUT2D eigenvalue weighted by Crippen LogP contribution is 2.18. The van der Waals surface area contributed by atoms with Crippen molar-refractivity contribution in [2.45, 2.75) is 51.2 Å². The van der Waals surface area contributed by atoms with Crippen LogP contribution in [0.4, 0.5) is 0 Å². The summed E-state index contributed by atoms with van der Waals surface area (Å²) in [5.41, 5.74) is 1.81. The van der Waals surface area contributed by atoms with E-state index in [2.05, 4.69) is 36.9 Å². The molecule has 4 rings (SSSR count). The third-order valence-corrected chi connectivity index (χ3v) is 6.27. The third-order valence-electron chi connectivity index (χ3n) is 5.53. The largest absolute Gasteiger partial charge is 0.447 e. The van der Waals surface area contributed by atoms with Gasteiger partial charge in [0.1, 0.15) is 6.26 Å². The van der Waals surface area contributed by atoms with Gasteiger partial charge in [0.05, 0.1) is 6.54 Å². The summed E-state index contributed by atoms with van der Waals surface area (Å²) in [6.07, 6.45) is 7.33. The molecule has 7 heteroatoms. The first-order valence-corrected chi connectivity index (χ1v) is 10.9. The quantitative estimate of drug-likeness (QED) is 0.824. The van der Waals surface area contributed by atoms with Crippen LogP contribution in [0.25, 0.3) is 0 Å². The molecule has 146 valence electrons. The van der Waals surface area contributed by atoms with Crippen molar-refractivity contribution >= 4 is 17.2 Å². The second kappa shape index (κ2) is 8.99. The number of aromatic nitrogens is 1. The topological polar surface area (TPSA) is 61.6 Å². The summed E-state index contributed by atoms with van der Waals surface area (Å²) in [5.74, 6) is 0.535. The molecule has 0 unspecified atom stereocenters. The maximum Gasteiger partial charge on any atom is 0.273 e. The van der Waals surface area contributed by atoms with Crippen LogP contribution in [0.1, 0.15) is 54.0 Å². The maximum atomic E-state index is 12.4. The standard InChI is InChI=1S/C20H28N4O2S/c25-20(21-17-4-2-1-3-5-17)18-14-26-19(22-18)13-24-9-7-23(8-10-24)12-16-6-11-27-15-16/h6,11,14-15,17H,1-5,7-10,12-13H2,(H,21,25). The van der Waals surface area contributed by atoms with E-state index in [9.17, 15) is 4.79 Å². The van der Waals surface area contributed by atoms with Crippen molar-refractivity contribution in [3.05, 3.63) is 40.2 Å². The Labute approximate surface area is 164 Å². The lowest BCUT2D eigenvalue weighted by molar-refractivity contribution is 0.0922. The minimum Gasteiger partial charge on any atom is -0.447 e. The molecular formula is C20H28N4O2S. The van der Waals surface area contributed by atoms with Crippen molar-refractivity contribution in [1.82, 2.24) is 20.1 Å². The van der Waals surface area contributed by atoms with Crippen LogP contribution in [0, 0.1) is 0 Å². The highest BCUT2D eigenvalue weighted by molar-refractivity contribution is 7.07. The van der Waals surface area contributed by atoms with Crippen LogP contribution in [-0.4, -0.2) is 52.9 Å². The predicted octanol–water partition coefficient (Wildman–Crippen LogP) is 3.12. The molecule has 0 bridgehead atoms. The van der Waals surface area contributed by atoms with Gasteiger partial charge in [-0.25, -0.2) is 4.98 Å². The number of nitrogens with zero attached hydrogens (tertiary/aromatic N) is 3. The van der Waals surface area contributed by atoms with Gasteiger partial charge < -0.3 is 9.73 Å². The van der Waals surface area contributed by atoms with Gasteiger partial charge in [0.25, 0.3) is 5.91 Å². The lowest BCUT2D eigenvalue weighted by atomic mass is 9.95. The third kappa shape index (κ3) is 5.18. The van der Waals surface area contributed by atoms with Gasteiger partial charge in [-0.1, -0.05) is 19.3 Å². The Morgan fingerprint density at radius 3 is 2.59 bits per heavy atom. The fourth-order valence-electron chi connectivity index (χ4n) is 3.93. The van der Waals surface area contributed by atoms with E-state index in [1.165, 1.54) is 31.1 Å². The van der Waals surface area contributed by atoms with E-state index in [1.807, 2.05) is 0 Å². The van der Waals surface area contributed by atoms with E-state index in [0.29, 0.717) is 24.2 Å². The van der Waals surface area contributed by atoms with E-state index in [4.69, 9.17) is 4.42 Å². The zero-order chi connectivity index (χ0) is 18.5. The molecule has 1 saturated heterocycles. The number of oxazole rings is 1. The van der Waals surface area contributed by atoms with Crippen molar-refractivity contribution in [3.8, 4) is 0 Å².